The maximum atomic E-state index is 13.6. The molecule has 0 N–H and O–H groups in total. The minimum Gasteiger partial charge on any atom is -0.497 e. The summed E-state index contributed by atoms with van der Waals surface area (Å²) in [6.45, 7) is 4.14. The molecule has 1 fully saturated rings. The largest absolute Gasteiger partial charge is 0.497 e. The average molecular weight is 578 g/mol. The van der Waals surface area contributed by atoms with Crippen molar-refractivity contribution < 1.29 is 14.3 Å². The molecule has 198 valence electrons. The van der Waals surface area contributed by atoms with Crippen LogP contribution < -0.4 is 15.0 Å². The van der Waals surface area contributed by atoms with Crippen LogP contribution in [0.25, 0.3) is 11.7 Å². The predicted molar refractivity (Wildman–Crippen MR) is 159 cm³/mol. The quantitative estimate of drug-likeness (QED) is 0.191. The summed E-state index contributed by atoms with van der Waals surface area (Å²) >= 11 is 12.9. The second kappa shape index (κ2) is 11.2. The van der Waals surface area contributed by atoms with Gasteiger partial charge in [-0.25, -0.2) is 0 Å². The van der Waals surface area contributed by atoms with Crippen LogP contribution in [0.3, 0.4) is 0 Å². The number of halogens is 1. The minimum absolute atomic E-state index is 0.0968. The highest BCUT2D eigenvalue weighted by atomic mass is 35.5. The molecule has 1 saturated heterocycles. The summed E-state index contributed by atoms with van der Waals surface area (Å²) in [6, 6.07) is 16.5. The van der Waals surface area contributed by atoms with Gasteiger partial charge in [-0.05, 0) is 79.4 Å². The molecule has 1 aliphatic heterocycles. The van der Waals surface area contributed by atoms with E-state index in [4.69, 9.17) is 33.3 Å². The van der Waals surface area contributed by atoms with E-state index in [1.807, 2.05) is 44.2 Å². The summed E-state index contributed by atoms with van der Waals surface area (Å²) in [7, 11) is 1.62. The number of pyridine rings is 1. The molecular weight excluding hydrogens is 554 g/mol. The Morgan fingerprint density at radius 3 is 2.51 bits per heavy atom. The summed E-state index contributed by atoms with van der Waals surface area (Å²) in [5, 5.41) is 0.600. The number of benzene rings is 2. The summed E-state index contributed by atoms with van der Waals surface area (Å²) in [4.78, 5) is 33.5. The Morgan fingerprint density at radius 2 is 1.79 bits per heavy atom. The fourth-order valence-corrected chi connectivity index (χ4v) is 5.55. The molecule has 1 aliphatic rings. The van der Waals surface area contributed by atoms with Crippen molar-refractivity contribution in [2.75, 3.05) is 13.7 Å². The number of amides is 1. The highest BCUT2D eigenvalue weighted by Gasteiger charge is 2.32. The third-order valence-corrected chi connectivity index (χ3v) is 8.13. The number of rotatable bonds is 7. The van der Waals surface area contributed by atoms with Crippen molar-refractivity contribution in [3.63, 3.8) is 0 Å². The van der Waals surface area contributed by atoms with Crippen LogP contribution in [0, 0.1) is 13.8 Å². The number of carbonyl (C=O) groups is 1. The normalized spacial score (nSPS) is 14.5. The number of aryl methyl sites for hydroxylation is 2. The van der Waals surface area contributed by atoms with Crippen molar-refractivity contribution in [1.29, 1.82) is 0 Å². The molecule has 5 rings (SSSR count). The number of ether oxygens (including phenoxy) is 2. The number of nitrogens with zero attached hydrogens (tertiary/aromatic N) is 3. The van der Waals surface area contributed by atoms with Gasteiger partial charge in [-0.1, -0.05) is 53.8 Å². The van der Waals surface area contributed by atoms with Crippen molar-refractivity contribution in [3.8, 4) is 17.4 Å². The number of hydrogen-bond acceptors (Lipinski definition) is 7. The van der Waals surface area contributed by atoms with Crippen LogP contribution in [0.4, 0.5) is 0 Å². The first-order valence-corrected chi connectivity index (χ1v) is 13.7. The van der Waals surface area contributed by atoms with Crippen LogP contribution in [0.1, 0.15) is 22.3 Å². The molecule has 3 heterocycles. The van der Waals surface area contributed by atoms with E-state index in [1.165, 1.54) is 10.5 Å². The highest BCUT2D eigenvalue weighted by molar-refractivity contribution is 8.26. The van der Waals surface area contributed by atoms with Gasteiger partial charge >= 0.3 is 0 Å². The van der Waals surface area contributed by atoms with E-state index in [2.05, 4.69) is 4.98 Å². The topological polar surface area (TPSA) is 73.1 Å². The first-order chi connectivity index (χ1) is 18.7. The Hall–Kier alpha value is -3.66. The molecule has 4 aromatic rings. The Morgan fingerprint density at radius 1 is 1.05 bits per heavy atom. The molecule has 0 spiro atoms. The van der Waals surface area contributed by atoms with Crippen molar-refractivity contribution in [2.45, 2.75) is 20.3 Å². The third kappa shape index (κ3) is 5.56. The lowest BCUT2D eigenvalue weighted by Gasteiger charge is -2.14. The van der Waals surface area contributed by atoms with Gasteiger partial charge in [-0.15, -0.1) is 0 Å². The van der Waals surface area contributed by atoms with Crippen molar-refractivity contribution in [3.05, 3.63) is 103 Å². The minimum atomic E-state index is -0.354. The first kappa shape index (κ1) is 26.9. The monoisotopic (exact) mass is 577 g/mol. The second-order valence-corrected chi connectivity index (χ2v) is 11.0. The molecule has 10 heteroatoms. The van der Waals surface area contributed by atoms with E-state index in [0.29, 0.717) is 38.6 Å². The molecule has 7 nitrogen and oxygen atoms in total. The van der Waals surface area contributed by atoms with E-state index in [1.54, 1.807) is 42.5 Å². The van der Waals surface area contributed by atoms with Gasteiger partial charge in [0.25, 0.3) is 11.5 Å². The average Bonchev–Trinajstić information content (AvgIpc) is 3.19. The van der Waals surface area contributed by atoms with E-state index < -0.39 is 0 Å². The molecule has 2 aromatic carbocycles. The SMILES string of the molecule is COc1ccc(CCN2C(=O)/C(=C\c3c(Oc4ccc(Cl)c(C)c4)nc4c(C)cccn4c3=O)SC2=S)cc1. The maximum Gasteiger partial charge on any atom is 0.269 e. The van der Waals surface area contributed by atoms with Gasteiger partial charge in [0.15, 0.2) is 0 Å². The lowest BCUT2D eigenvalue weighted by molar-refractivity contribution is -0.122. The van der Waals surface area contributed by atoms with E-state index in [0.717, 1.165) is 34.2 Å². The number of carbonyl (C=O) groups excluding carboxylic acids is 1. The van der Waals surface area contributed by atoms with Gasteiger partial charge in [0.05, 0.1) is 12.0 Å². The van der Waals surface area contributed by atoms with Crippen molar-refractivity contribution in [2.24, 2.45) is 0 Å². The van der Waals surface area contributed by atoms with Crippen molar-refractivity contribution in [1.82, 2.24) is 14.3 Å². The van der Waals surface area contributed by atoms with Crippen LogP contribution in [-0.2, 0) is 11.2 Å². The summed E-state index contributed by atoms with van der Waals surface area (Å²) < 4.78 is 13.2. The number of fused-ring (bicyclic) bond motifs is 1. The number of hydrogen-bond donors (Lipinski definition) is 0. The van der Waals surface area contributed by atoms with Crippen molar-refractivity contribution >= 4 is 57.5 Å². The number of thiocarbonyl (C=S) groups is 1. The molecule has 0 aliphatic carbocycles. The Labute approximate surface area is 240 Å². The summed E-state index contributed by atoms with van der Waals surface area (Å²) in [5.74, 6) is 1.08. The molecule has 0 unspecified atom stereocenters. The van der Waals surface area contributed by atoms with E-state index >= 15 is 0 Å². The fourth-order valence-electron chi connectivity index (χ4n) is 4.14. The van der Waals surface area contributed by atoms with Gasteiger partial charge in [0, 0.05) is 17.8 Å². The summed E-state index contributed by atoms with van der Waals surface area (Å²) in [6.07, 6.45) is 3.79. The van der Waals surface area contributed by atoms with Crippen LogP contribution in [0.2, 0.25) is 5.02 Å². The lowest BCUT2D eigenvalue weighted by Crippen LogP contribution is -2.30. The molecule has 0 saturated carbocycles. The smallest absolute Gasteiger partial charge is 0.269 e. The number of methoxy groups -OCH3 is 1. The van der Waals surface area contributed by atoms with Gasteiger partial charge in [-0.2, -0.15) is 4.98 Å². The van der Waals surface area contributed by atoms with E-state index in [-0.39, 0.29) is 22.9 Å². The highest BCUT2D eigenvalue weighted by Crippen LogP contribution is 2.35. The molecule has 0 atom stereocenters. The molecule has 1 amide bonds. The Kier molecular flexibility index (Phi) is 7.74. The molecule has 0 radical (unpaired) electrons. The van der Waals surface area contributed by atoms with Crippen LogP contribution in [0.15, 0.2) is 70.5 Å². The standard InChI is InChI=1S/C29H24ClN3O4S2/c1-17-5-4-13-32-25(17)31-26(37-21-10-11-23(30)18(2)15-21)22(27(32)34)16-24-28(35)33(29(38)39-24)14-12-19-6-8-20(36-3)9-7-19/h4-11,13,15-16H,12,14H2,1-3H3/b24-16+. The van der Waals surface area contributed by atoms with Gasteiger partial charge in [0.1, 0.15) is 27.0 Å². The Bertz CT molecular complexity index is 1700. The fraction of sp³-hybridized carbons (Fsp3) is 0.172. The molecule has 0 bridgehead atoms. The predicted octanol–water partition coefficient (Wildman–Crippen LogP) is 6.21. The second-order valence-electron chi connectivity index (χ2n) is 8.97. The van der Waals surface area contributed by atoms with Crippen LogP contribution in [-0.4, -0.2) is 38.2 Å². The van der Waals surface area contributed by atoms with Gasteiger partial charge in [-0.3, -0.25) is 18.9 Å². The Balaban J connectivity index is 1.49. The number of thioether (sulfide) groups is 1. The zero-order valence-corrected chi connectivity index (χ0v) is 23.8. The molecular formula is C29H24ClN3O4S2. The zero-order valence-electron chi connectivity index (χ0n) is 21.4. The third-order valence-electron chi connectivity index (χ3n) is 6.33. The summed E-state index contributed by atoms with van der Waals surface area (Å²) in [5.41, 5.74) is 2.95. The van der Waals surface area contributed by atoms with Gasteiger partial charge in [0.2, 0.25) is 5.88 Å². The van der Waals surface area contributed by atoms with Gasteiger partial charge < -0.3 is 9.47 Å². The molecule has 2 aromatic heterocycles. The maximum absolute atomic E-state index is 13.6. The van der Waals surface area contributed by atoms with E-state index in [9.17, 15) is 9.59 Å². The number of aromatic nitrogens is 2. The van der Waals surface area contributed by atoms with Crippen LogP contribution >= 0.6 is 35.6 Å². The molecule has 39 heavy (non-hydrogen) atoms. The van der Waals surface area contributed by atoms with Crippen LogP contribution in [0.5, 0.6) is 17.4 Å². The lowest BCUT2D eigenvalue weighted by atomic mass is 10.1. The zero-order chi connectivity index (χ0) is 27.7. The first-order valence-electron chi connectivity index (χ1n) is 12.1.